The molecule has 4 aromatic rings. The maximum Gasteiger partial charge on any atom is 0.273 e. The number of nitrogens with zero attached hydrogens (tertiary/aromatic N) is 2. The number of benzene rings is 3. The molecule has 7 nitrogen and oxygen atoms in total. The van der Waals surface area contributed by atoms with Crippen molar-refractivity contribution in [3.05, 3.63) is 93.7 Å². The van der Waals surface area contributed by atoms with Crippen LogP contribution in [0.3, 0.4) is 0 Å². The highest BCUT2D eigenvalue weighted by Crippen LogP contribution is 2.47. The number of phenols is 1. The van der Waals surface area contributed by atoms with Gasteiger partial charge < -0.3 is 19.5 Å². The van der Waals surface area contributed by atoms with Gasteiger partial charge in [-0.2, -0.15) is 5.10 Å². The topological polar surface area (TPSA) is 87.7 Å². The number of amides is 1. The summed E-state index contributed by atoms with van der Waals surface area (Å²) in [5.41, 5.74) is 7.21. The average molecular weight is 540 g/mol. The first-order chi connectivity index (χ1) is 19.3. The van der Waals surface area contributed by atoms with Crippen LogP contribution in [0.25, 0.3) is 11.3 Å². The van der Waals surface area contributed by atoms with E-state index in [1.807, 2.05) is 62.9 Å². The normalized spacial score (nSPS) is 14.5. The minimum absolute atomic E-state index is 0.135. The van der Waals surface area contributed by atoms with Crippen LogP contribution < -0.4 is 9.47 Å². The number of rotatable bonds is 10. The number of hydrogen-bond donors (Lipinski definition) is 2. The molecule has 0 fully saturated rings. The second kappa shape index (κ2) is 11.5. The number of fused-ring (bicyclic) bond motifs is 1. The van der Waals surface area contributed by atoms with Gasteiger partial charge in [0.05, 0.1) is 19.3 Å². The van der Waals surface area contributed by atoms with E-state index in [-0.39, 0.29) is 11.7 Å². The lowest BCUT2D eigenvalue weighted by molar-refractivity contribution is 0.0729. The summed E-state index contributed by atoms with van der Waals surface area (Å²) < 4.78 is 12.0. The SMILES string of the molecule is CCCCOc1ccc(C2c3c(-c4cc(C)cc(C)c4O)n[nH]c3C(=O)N2Cc2ccc(C)cc2)cc1OCC. The van der Waals surface area contributed by atoms with Gasteiger partial charge in [-0.05, 0) is 74.6 Å². The first-order valence-electron chi connectivity index (χ1n) is 14.0. The van der Waals surface area contributed by atoms with Crippen LogP contribution in [0, 0.1) is 20.8 Å². The van der Waals surface area contributed by atoms with Crippen molar-refractivity contribution in [2.75, 3.05) is 13.2 Å². The van der Waals surface area contributed by atoms with Gasteiger partial charge in [-0.1, -0.05) is 55.3 Å². The van der Waals surface area contributed by atoms with E-state index in [2.05, 4.69) is 41.4 Å². The fourth-order valence-corrected chi connectivity index (χ4v) is 5.35. The third-order valence-corrected chi connectivity index (χ3v) is 7.38. The lowest BCUT2D eigenvalue weighted by atomic mass is 9.93. The van der Waals surface area contributed by atoms with E-state index in [9.17, 15) is 9.90 Å². The molecule has 1 unspecified atom stereocenters. The van der Waals surface area contributed by atoms with Crippen LogP contribution in [0.4, 0.5) is 0 Å². The Morgan fingerprint density at radius 1 is 0.950 bits per heavy atom. The van der Waals surface area contributed by atoms with Crippen molar-refractivity contribution in [3.8, 4) is 28.5 Å². The lowest BCUT2D eigenvalue weighted by Crippen LogP contribution is -2.29. The van der Waals surface area contributed by atoms with Crippen molar-refractivity contribution in [2.45, 2.75) is 60.0 Å². The first-order valence-corrected chi connectivity index (χ1v) is 14.0. The summed E-state index contributed by atoms with van der Waals surface area (Å²) in [6, 6.07) is 17.5. The zero-order valence-electron chi connectivity index (χ0n) is 23.9. The highest BCUT2D eigenvalue weighted by molar-refractivity contribution is 6.00. The summed E-state index contributed by atoms with van der Waals surface area (Å²) >= 11 is 0. The van der Waals surface area contributed by atoms with Gasteiger partial charge in [0, 0.05) is 17.7 Å². The van der Waals surface area contributed by atoms with E-state index >= 15 is 0 Å². The Morgan fingerprint density at radius 3 is 2.45 bits per heavy atom. The Morgan fingerprint density at radius 2 is 1.73 bits per heavy atom. The Kier molecular flexibility index (Phi) is 7.83. The second-order valence-electron chi connectivity index (χ2n) is 10.5. The molecule has 0 radical (unpaired) electrons. The van der Waals surface area contributed by atoms with Crippen LogP contribution in [0.1, 0.15) is 76.6 Å². The van der Waals surface area contributed by atoms with E-state index < -0.39 is 6.04 Å². The molecule has 2 N–H and O–H groups in total. The third kappa shape index (κ3) is 5.16. The number of aromatic amines is 1. The van der Waals surface area contributed by atoms with Crippen LogP contribution in [-0.4, -0.2) is 39.3 Å². The summed E-state index contributed by atoms with van der Waals surface area (Å²) in [4.78, 5) is 15.8. The Hall–Kier alpha value is -4.26. The molecule has 0 saturated heterocycles. The van der Waals surface area contributed by atoms with Gasteiger partial charge in [0.15, 0.2) is 11.5 Å². The molecule has 0 aliphatic carbocycles. The zero-order valence-corrected chi connectivity index (χ0v) is 23.9. The molecule has 1 aliphatic rings. The fourth-order valence-electron chi connectivity index (χ4n) is 5.35. The highest BCUT2D eigenvalue weighted by atomic mass is 16.5. The monoisotopic (exact) mass is 539 g/mol. The van der Waals surface area contributed by atoms with E-state index in [4.69, 9.17) is 9.47 Å². The molecule has 2 heterocycles. The molecule has 1 aliphatic heterocycles. The number of unbranched alkanes of at least 4 members (excludes halogenated alkanes) is 1. The van der Waals surface area contributed by atoms with Gasteiger partial charge >= 0.3 is 0 Å². The maximum absolute atomic E-state index is 13.9. The number of phenolic OH excluding ortho intramolecular Hbond substituents is 1. The number of nitrogens with one attached hydrogen (secondary N) is 1. The van der Waals surface area contributed by atoms with Crippen molar-refractivity contribution in [1.29, 1.82) is 0 Å². The van der Waals surface area contributed by atoms with Crippen molar-refractivity contribution >= 4 is 5.91 Å². The van der Waals surface area contributed by atoms with Crippen LogP contribution in [0.2, 0.25) is 0 Å². The van der Waals surface area contributed by atoms with Crippen LogP contribution in [0.5, 0.6) is 17.2 Å². The molecule has 1 amide bonds. The molecule has 1 atom stereocenters. The molecule has 0 bridgehead atoms. The Bertz CT molecular complexity index is 1520. The first kappa shape index (κ1) is 27.3. The predicted molar refractivity (Wildman–Crippen MR) is 156 cm³/mol. The molecular weight excluding hydrogens is 502 g/mol. The van der Waals surface area contributed by atoms with E-state index in [0.717, 1.165) is 46.2 Å². The fraction of sp³-hybridized carbons (Fsp3) is 0.333. The minimum atomic E-state index is -0.443. The van der Waals surface area contributed by atoms with Gasteiger partial charge in [0.1, 0.15) is 17.1 Å². The third-order valence-electron chi connectivity index (χ3n) is 7.38. The lowest BCUT2D eigenvalue weighted by Gasteiger charge is -2.27. The Balaban J connectivity index is 1.65. The number of carbonyl (C=O) groups excluding carboxylic acids is 1. The number of hydrogen-bond acceptors (Lipinski definition) is 5. The smallest absolute Gasteiger partial charge is 0.273 e. The van der Waals surface area contributed by atoms with Gasteiger partial charge in [0.25, 0.3) is 5.91 Å². The highest BCUT2D eigenvalue weighted by Gasteiger charge is 2.43. The largest absolute Gasteiger partial charge is 0.507 e. The molecule has 40 heavy (non-hydrogen) atoms. The minimum Gasteiger partial charge on any atom is -0.507 e. The quantitative estimate of drug-likeness (QED) is 0.211. The summed E-state index contributed by atoms with van der Waals surface area (Å²) in [5, 5.41) is 18.6. The molecule has 0 spiro atoms. The molecule has 208 valence electrons. The standard InChI is InChI=1S/C33H37N3O4/c1-6-8-15-40-26-14-13-24(18-27(26)39-7-2)31-28-29(25-17-21(4)16-22(5)32(25)37)34-35-30(28)33(38)36(31)19-23-11-9-20(3)10-12-23/h9-14,16-18,31,37H,6-8,15,19H2,1-5H3,(H,34,35). The van der Waals surface area contributed by atoms with Crippen LogP contribution in [-0.2, 0) is 6.54 Å². The van der Waals surface area contributed by atoms with Gasteiger partial charge in [-0.3, -0.25) is 9.89 Å². The number of carbonyl (C=O) groups is 1. The molecular formula is C33H37N3O4. The second-order valence-corrected chi connectivity index (χ2v) is 10.5. The summed E-state index contributed by atoms with van der Waals surface area (Å²) in [5.74, 6) is 1.36. The molecule has 0 saturated carbocycles. The molecule has 1 aromatic heterocycles. The number of aromatic nitrogens is 2. The number of ether oxygens (including phenoxy) is 2. The molecule has 5 rings (SSSR count). The summed E-state index contributed by atoms with van der Waals surface area (Å²) in [7, 11) is 0. The molecule has 7 heteroatoms. The van der Waals surface area contributed by atoms with Crippen molar-refractivity contribution in [2.24, 2.45) is 0 Å². The molecule has 3 aromatic carbocycles. The number of aryl methyl sites for hydroxylation is 3. The Labute approximate surface area is 235 Å². The number of H-pyrrole nitrogens is 1. The van der Waals surface area contributed by atoms with Gasteiger partial charge in [-0.15, -0.1) is 0 Å². The number of aromatic hydroxyl groups is 1. The summed E-state index contributed by atoms with van der Waals surface area (Å²) in [6.45, 7) is 11.5. The average Bonchev–Trinajstić information content (AvgIpc) is 3.47. The van der Waals surface area contributed by atoms with Crippen molar-refractivity contribution in [1.82, 2.24) is 15.1 Å². The van der Waals surface area contributed by atoms with Gasteiger partial charge in [0.2, 0.25) is 0 Å². The van der Waals surface area contributed by atoms with Crippen molar-refractivity contribution < 1.29 is 19.4 Å². The maximum atomic E-state index is 13.9. The summed E-state index contributed by atoms with van der Waals surface area (Å²) in [6.07, 6.45) is 1.99. The van der Waals surface area contributed by atoms with Crippen LogP contribution in [0.15, 0.2) is 54.6 Å². The van der Waals surface area contributed by atoms with Crippen molar-refractivity contribution in [3.63, 3.8) is 0 Å². The van der Waals surface area contributed by atoms with Gasteiger partial charge in [-0.25, -0.2) is 0 Å². The van der Waals surface area contributed by atoms with Crippen LogP contribution >= 0.6 is 0 Å². The van der Waals surface area contributed by atoms with E-state index in [0.29, 0.717) is 48.2 Å². The zero-order chi connectivity index (χ0) is 28.4. The van der Waals surface area contributed by atoms with E-state index in [1.54, 1.807) is 0 Å². The predicted octanol–water partition coefficient (Wildman–Crippen LogP) is 7.03. The van der Waals surface area contributed by atoms with E-state index in [1.165, 1.54) is 0 Å².